The molecule has 0 atom stereocenters. The number of sulfonamides is 1. The molecule has 2 aromatic carbocycles. The third kappa shape index (κ3) is 2.98. The molecule has 0 unspecified atom stereocenters. The number of aryl methyl sites for hydroxylation is 4. The Bertz CT molecular complexity index is 974. The van der Waals surface area contributed by atoms with Gasteiger partial charge in [-0.2, -0.15) is 0 Å². The number of rotatable bonds is 3. The Morgan fingerprint density at radius 1 is 0.923 bits per heavy atom. The normalized spacial score (nSPS) is 16.4. The maximum absolute atomic E-state index is 13.0. The van der Waals surface area contributed by atoms with Gasteiger partial charge in [0, 0.05) is 18.7 Å². The first-order valence-corrected chi connectivity index (χ1v) is 10.4. The Labute approximate surface area is 154 Å². The maximum Gasteiger partial charge on any atom is 0.261 e. The summed E-state index contributed by atoms with van der Waals surface area (Å²) < 4.78 is 28.6. The number of anilines is 2. The lowest BCUT2D eigenvalue weighted by Gasteiger charge is -2.35. The molecule has 5 nitrogen and oxygen atoms in total. The van der Waals surface area contributed by atoms with Crippen LogP contribution in [0.2, 0.25) is 0 Å². The van der Waals surface area contributed by atoms with E-state index in [9.17, 15) is 13.2 Å². The smallest absolute Gasteiger partial charge is 0.261 e. The highest BCUT2D eigenvalue weighted by molar-refractivity contribution is 7.92. The van der Waals surface area contributed by atoms with E-state index in [4.69, 9.17) is 0 Å². The molecule has 2 heterocycles. The van der Waals surface area contributed by atoms with E-state index in [-0.39, 0.29) is 10.8 Å². The van der Waals surface area contributed by atoms with Gasteiger partial charge in [-0.05, 0) is 79.6 Å². The van der Waals surface area contributed by atoms with Gasteiger partial charge in [0.25, 0.3) is 10.0 Å². The average Bonchev–Trinajstić information content (AvgIpc) is 2.56. The van der Waals surface area contributed by atoms with E-state index in [1.807, 2.05) is 36.9 Å². The van der Waals surface area contributed by atoms with Gasteiger partial charge in [-0.1, -0.05) is 6.07 Å². The molecule has 2 aliphatic heterocycles. The van der Waals surface area contributed by atoms with Crippen molar-refractivity contribution in [1.29, 1.82) is 0 Å². The van der Waals surface area contributed by atoms with Crippen molar-refractivity contribution in [2.24, 2.45) is 0 Å². The fourth-order valence-electron chi connectivity index (χ4n) is 4.02. The number of amides is 1. The Kier molecular flexibility index (Phi) is 4.03. The lowest BCUT2D eigenvalue weighted by Crippen LogP contribution is -2.39. The second kappa shape index (κ2) is 6.13. The number of carbonyl (C=O) groups is 1. The zero-order valence-electron chi connectivity index (χ0n) is 15.0. The van der Waals surface area contributed by atoms with Crippen molar-refractivity contribution < 1.29 is 13.2 Å². The largest absolute Gasteiger partial charge is 0.312 e. The standard InChI is InChI=1S/C20H22N2O3S/c1-13-8-14(2)10-17(9-13)21-26(24,25)18-11-15-4-3-7-22-19(23)6-5-16(12-18)20(15)22/h8-12,21H,3-7H2,1-2H3. The van der Waals surface area contributed by atoms with E-state index in [2.05, 4.69) is 4.72 Å². The van der Waals surface area contributed by atoms with E-state index >= 15 is 0 Å². The highest BCUT2D eigenvalue weighted by Crippen LogP contribution is 2.37. The predicted molar refractivity (Wildman–Crippen MR) is 102 cm³/mol. The van der Waals surface area contributed by atoms with Gasteiger partial charge in [-0.3, -0.25) is 9.52 Å². The second-order valence-corrected chi connectivity index (χ2v) is 8.90. The van der Waals surface area contributed by atoms with Crippen molar-refractivity contribution in [3.63, 3.8) is 0 Å². The van der Waals surface area contributed by atoms with Crippen LogP contribution >= 0.6 is 0 Å². The van der Waals surface area contributed by atoms with Gasteiger partial charge in [0.05, 0.1) is 10.6 Å². The van der Waals surface area contributed by atoms with Crippen LogP contribution in [0.25, 0.3) is 0 Å². The fraction of sp³-hybridized carbons (Fsp3) is 0.350. The number of nitrogens with one attached hydrogen (secondary N) is 1. The van der Waals surface area contributed by atoms with Crippen LogP contribution in [0.1, 0.15) is 35.1 Å². The zero-order chi connectivity index (χ0) is 18.5. The van der Waals surface area contributed by atoms with Crippen LogP contribution in [0, 0.1) is 13.8 Å². The summed E-state index contributed by atoms with van der Waals surface area (Å²) in [6.07, 6.45) is 2.72. The summed E-state index contributed by atoms with van der Waals surface area (Å²) in [6, 6.07) is 9.12. The summed E-state index contributed by atoms with van der Waals surface area (Å²) in [5.74, 6) is 0.141. The molecule has 0 spiro atoms. The zero-order valence-corrected chi connectivity index (χ0v) is 15.8. The molecule has 0 saturated heterocycles. The SMILES string of the molecule is Cc1cc(C)cc(NS(=O)(=O)c2cc3c4c(c2)CCC(=O)N4CCC3)c1. The van der Waals surface area contributed by atoms with Gasteiger partial charge in [-0.25, -0.2) is 8.42 Å². The van der Waals surface area contributed by atoms with Gasteiger partial charge in [0.2, 0.25) is 5.91 Å². The number of nitrogens with zero attached hydrogens (tertiary/aromatic N) is 1. The first-order valence-electron chi connectivity index (χ1n) is 8.91. The van der Waals surface area contributed by atoms with Crippen molar-refractivity contribution >= 4 is 27.3 Å². The first-order chi connectivity index (χ1) is 12.3. The van der Waals surface area contributed by atoms with Crippen LogP contribution in [-0.2, 0) is 27.7 Å². The van der Waals surface area contributed by atoms with Crippen molar-refractivity contribution in [2.45, 2.75) is 44.4 Å². The molecule has 26 heavy (non-hydrogen) atoms. The van der Waals surface area contributed by atoms with E-state index < -0.39 is 10.0 Å². The summed E-state index contributed by atoms with van der Waals surface area (Å²) >= 11 is 0. The topological polar surface area (TPSA) is 66.5 Å². The monoisotopic (exact) mass is 370 g/mol. The number of benzene rings is 2. The van der Waals surface area contributed by atoms with E-state index in [0.717, 1.165) is 47.3 Å². The van der Waals surface area contributed by atoms with Crippen LogP contribution in [-0.4, -0.2) is 20.9 Å². The van der Waals surface area contributed by atoms with Gasteiger partial charge in [0.1, 0.15) is 0 Å². The van der Waals surface area contributed by atoms with Gasteiger partial charge >= 0.3 is 0 Å². The van der Waals surface area contributed by atoms with Gasteiger partial charge in [0.15, 0.2) is 0 Å². The summed E-state index contributed by atoms with van der Waals surface area (Å²) in [6.45, 7) is 4.62. The molecule has 0 fully saturated rings. The van der Waals surface area contributed by atoms with Crippen molar-refractivity contribution in [3.8, 4) is 0 Å². The molecular formula is C20H22N2O3S. The van der Waals surface area contributed by atoms with E-state index in [0.29, 0.717) is 18.5 Å². The summed E-state index contributed by atoms with van der Waals surface area (Å²) in [4.78, 5) is 14.3. The first kappa shape index (κ1) is 17.1. The van der Waals surface area contributed by atoms with E-state index in [1.165, 1.54) is 0 Å². The second-order valence-electron chi connectivity index (χ2n) is 7.22. The average molecular weight is 370 g/mol. The minimum absolute atomic E-state index is 0.141. The molecule has 0 saturated carbocycles. The Balaban J connectivity index is 1.75. The quantitative estimate of drug-likeness (QED) is 0.901. The van der Waals surface area contributed by atoms with Gasteiger partial charge < -0.3 is 4.90 Å². The minimum atomic E-state index is -3.67. The van der Waals surface area contributed by atoms with Crippen molar-refractivity contribution in [3.05, 3.63) is 52.6 Å². The molecule has 1 amide bonds. The van der Waals surface area contributed by atoms with Crippen LogP contribution < -0.4 is 9.62 Å². The maximum atomic E-state index is 13.0. The third-order valence-corrected chi connectivity index (χ3v) is 6.39. The van der Waals surface area contributed by atoms with E-state index in [1.54, 1.807) is 12.1 Å². The number of hydrogen-bond acceptors (Lipinski definition) is 3. The highest BCUT2D eigenvalue weighted by atomic mass is 32.2. The molecule has 4 rings (SSSR count). The molecule has 136 valence electrons. The lowest BCUT2D eigenvalue weighted by atomic mass is 9.92. The summed E-state index contributed by atoms with van der Waals surface area (Å²) in [5, 5.41) is 0. The molecular weight excluding hydrogens is 348 g/mol. The molecule has 2 aliphatic rings. The predicted octanol–water partition coefficient (Wildman–Crippen LogP) is 3.33. The fourth-order valence-corrected chi connectivity index (χ4v) is 5.16. The van der Waals surface area contributed by atoms with Crippen molar-refractivity contribution in [2.75, 3.05) is 16.2 Å². The minimum Gasteiger partial charge on any atom is -0.312 e. The van der Waals surface area contributed by atoms with Crippen LogP contribution in [0.4, 0.5) is 11.4 Å². The van der Waals surface area contributed by atoms with Crippen LogP contribution in [0.5, 0.6) is 0 Å². The van der Waals surface area contributed by atoms with Crippen LogP contribution in [0.15, 0.2) is 35.2 Å². The lowest BCUT2D eigenvalue weighted by molar-refractivity contribution is -0.119. The molecule has 0 aromatic heterocycles. The molecule has 6 heteroatoms. The molecule has 0 bridgehead atoms. The molecule has 1 N–H and O–H groups in total. The number of hydrogen-bond donors (Lipinski definition) is 1. The summed E-state index contributed by atoms with van der Waals surface area (Å²) in [7, 11) is -3.67. The number of carbonyl (C=O) groups excluding carboxylic acids is 1. The molecule has 2 aromatic rings. The summed E-state index contributed by atoms with van der Waals surface area (Å²) in [5.41, 5.74) is 5.46. The Morgan fingerprint density at radius 3 is 2.27 bits per heavy atom. The Hall–Kier alpha value is -2.34. The third-order valence-electron chi connectivity index (χ3n) is 5.03. The highest BCUT2D eigenvalue weighted by Gasteiger charge is 2.31. The van der Waals surface area contributed by atoms with Gasteiger partial charge in [-0.15, -0.1) is 0 Å². The molecule has 0 radical (unpaired) electrons. The van der Waals surface area contributed by atoms with Crippen molar-refractivity contribution in [1.82, 2.24) is 0 Å². The Morgan fingerprint density at radius 2 is 1.58 bits per heavy atom. The van der Waals surface area contributed by atoms with Crippen LogP contribution in [0.3, 0.4) is 0 Å². The molecule has 0 aliphatic carbocycles.